The van der Waals surface area contributed by atoms with Gasteiger partial charge in [-0.25, -0.2) is 4.68 Å². The maximum Gasteiger partial charge on any atom is 0.276 e. The predicted octanol–water partition coefficient (Wildman–Crippen LogP) is 2.62. The number of hydrogen-bond donors (Lipinski definition) is 1. The van der Waals surface area contributed by atoms with Crippen LogP contribution in [-0.2, 0) is 0 Å². The van der Waals surface area contributed by atoms with Crippen LogP contribution < -0.4 is 10.1 Å². The fraction of sp³-hybridized carbons (Fsp3) is 0.304. The Morgan fingerprint density at radius 1 is 1.06 bits per heavy atom. The first kappa shape index (κ1) is 20.6. The van der Waals surface area contributed by atoms with Gasteiger partial charge in [0.1, 0.15) is 5.75 Å². The number of piperidine rings is 1. The van der Waals surface area contributed by atoms with Crippen molar-refractivity contribution in [3.8, 4) is 11.4 Å². The number of ether oxygens (including phenoxy) is 1. The topological polar surface area (TPSA) is 89.4 Å². The van der Waals surface area contributed by atoms with Crippen LogP contribution in [0.25, 0.3) is 5.69 Å². The summed E-state index contributed by atoms with van der Waals surface area (Å²) in [5, 5.41) is 11.2. The molecular weight excluding hydrogens is 394 g/mol. The lowest BCUT2D eigenvalue weighted by molar-refractivity contribution is 0.0692. The van der Waals surface area contributed by atoms with E-state index in [2.05, 4.69) is 15.6 Å². The number of nitrogens with zero attached hydrogens (tertiary/aromatic N) is 4. The van der Waals surface area contributed by atoms with E-state index in [9.17, 15) is 9.59 Å². The van der Waals surface area contributed by atoms with Crippen LogP contribution in [0.2, 0.25) is 0 Å². The van der Waals surface area contributed by atoms with Crippen LogP contribution in [0.4, 0.5) is 0 Å². The number of carbonyl (C=O) groups excluding carboxylic acids is 2. The van der Waals surface area contributed by atoms with E-state index in [-0.39, 0.29) is 17.9 Å². The summed E-state index contributed by atoms with van der Waals surface area (Å²) in [5.74, 6) is 0.236. The second kappa shape index (κ2) is 8.99. The molecule has 8 heteroatoms. The highest BCUT2D eigenvalue weighted by Crippen LogP contribution is 2.19. The molecule has 1 aliphatic heterocycles. The van der Waals surface area contributed by atoms with Crippen LogP contribution in [0, 0.1) is 6.92 Å². The predicted molar refractivity (Wildman–Crippen MR) is 115 cm³/mol. The van der Waals surface area contributed by atoms with Crippen molar-refractivity contribution in [3.63, 3.8) is 0 Å². The zero-order valence-electron chi connectivity index (χ0n) is 17.6. The van der Waals surface area contributed by atoms with Gasteiger partial charge in [-0.2, -0.15) is 0 Å². The summed E-state index contributed by atoms with van der Waals surface area (Å²) in [7, 11) is 1.55. The van der Waals surface area contributed by atoms with Gasteiger partial charge in [-0.05, 0) is 44.0 Å². The van der Waals surface area contributed by atoms with E-state index in [1.54, 1.807) is 35.0 Å². The fourth-order valence-electron chi connectivity index (χ4n) is 3.67. The minimum absolute atomic E-state index is 0.00435. The van der Waals surface area contributed by atoms with Crippen molar-refractivity contribution >= 4 is 11.8 Å². The highest BCUT2D eigenvalue weighted by molar-refractivity contribution is 5.97. The molecule has 0 saturated carbocycles. The molecule has 1 saturated heterocycles. The quantitative estimate of drug-likeness (QED) is 0.687. The molecule has 8 nitrogen and oxygen atoms in total. The van der Waals surface area contributed by atoms with Gasteiger partial charge >= 0.3 is 0 Å². The van der Waals surface area contributed by atoms with E-state index < -0.39 is 0 Å². The Labute approximate surface area is 180 Å². The largest absolute Gasteiger partial charge is 0.496 e. The first-order valence-corrected chi connectivity index (χ1v) is 10.3. The van der Waals surface area contributed by atoms with Crippen molar-refractivity contribution in [1.29, 1.82) is 0 Å². The minimum atomic E-state index is -0.164. The molecule has 31 heavy (non-hydrogen) atoms. The normalized spacial score (nSPS) is 14.3. The smallest absolute Gasteiger partial charge is 0.276 e. The molecule has 1 N–H and O–H groups in total. The van der Waals surface area contributed by atoms with Crippen molar-refractivity contribution in [2.24, 2.45) is 0 Å². The third-order valence-electron chi connectivity index (χ3n) is 5.48. The Morgan fingerprint density at radius 2 is 1.77 bits per heavy atom. The number of nitrogens with one attached hydrogen (secondary N) is 1. The zero-order chi connectivity index (χ0) is 21.8. The molecule has 2 heterocycles. The Bertz CT molecular complexity index is 1070. The van der Waals surface area contributed by atoms with Crippen molar-refractivity contribution in [1.82, 2.24) is 25.2 Å². The molecule has 1 aromatic heterocycles. The SMILES string of the molecule is COc1ccccc1C(=O)NC1CCN(C(=O)c2cn(-c3ccc(C)cc3)nn2)CC1. The van der Waals surface area contributed by atoms with Crippen molar-refractivity contribution in [3.05, 3.63) is 71.5 Å². The molecule has 0 atom stereocenters. The average Bonchev–Trinajstić information content (AvgIpc) is 3.30. The highest BCUT2D eigenvalue weighted by atomic mass is 16.5. The van der Waals surface area contributed by atoms with Crippen molar-refractivity contribution in [2.45, 2.75) is 25.8 Å². The molecule has 0 radical (unpaired) electrons. The van der Waals surface area contributed by atoms with Crippen LogP contribution in [0.5, 0.6) is 5.75 Å². The first-order chi connectivity index (χ1) is 15.0. The molecule has 1 aliphatic rings. The number of likely N-dealkylation sites (tertiary alicyclic amines) is 1. The minimum Gasteiger partial charge on any atom is -0.496 e. The van der Waals surface area contributed by atoms with E-state index in [1.165, 1.54) is 0 Å². The molecule has 3 aromatic rings. The summed E-state index contributed by atoms with van der Waals surface area (Å²) >= 11 is 0. The lowest BCUT2D eigenvalue weighted by Gasteiger charge is -2.32. The van der Waals surface area contributed by atoms with Gasteiger partial charge in [0.25, 0.3) is 11.8 Å². The van der Waals surface area contributed by atoms with E-state index in [1.807, 2.05) is 43.3 Å². The number of hydrogen-bond acceptors (Lipinski definition) is 5. The molecule has 0 bridgehead atoms. The number of amides is 2. The molecule has 2 amide bonds. The van der Waals surface area contributed by atoms with Gasteiger partial charge in [0.2, 0.25) is 0 Å². The van der Waals surface area contributed by atoms with Gasteiger partial charge in [-0.15, -0.1) is 5.10 Å². The van der Waals surface area contributed by atoms with Gasteiger partial charge in [0, 0.05) is 19.1 Å². The Morgan fingerprint density at radius 3 is 2.48 bits per heavy atom. The molecule has 4 rings (SSSR count). The van der Waals surface area contributed by atoms with Crippen LogP contribution in [0.1, 0.15) is 39.3 Å². The number of aromatic nitrogens is 3. The van der Waals surface area contributed by atoms with Gasteiger partial charge in [0.15, 0.2) is 5.69 Å². The van der Waals surface area contributed by atoms with Crippen LogP contribution >= 0.6 is 0 Å². The Hall–Kier alpha value is -3.68. The molecule has 2 aromatic carbocycles. The van der Waals surface area contributed by atoms with E-state index >= 15 is 0 Å². The molecular formula is C23H25N5O3. The van der Waals surface area contributed by atoms with Gasteiger partial charge in [-0.1, -0.05) is 35.0 Å². The summed E-state index contributed by atoms with van der Waals surface area (Å²) in [6, 6.07) is 15.0. The highest BCUT2D eigenvalue weighted by Gasteiger charge is 2.27. The second-order valence-electron chi connectivity index (χ2n) is 7.62. The Kier molecular flexibility index (Phi) is 5.97. The van der Waals surface area contributed by atoms with Crippen LogP contribution in [0.3, 0.4) is 0 Å². The third kappa shape index (κ3) is 4.58. The maximum absolute atomic E-state index is 12.8. The van der Waals surface area contributed by atoms with Crippen LogP contribution in [0.15, 0.2) is 54.7 Å². The summed E-state index contributed by atoms with van der Waals surface area (Å²) in [5.41, 5.74) is 2.84. The molecule has 0 unspecified atom stereocenters. The number of benzene rings is 2. The monoisotopic (exact) mass is 419 g/mol. The number of para-hydroxylation sites is 1. The number of rotatable bonds is 5. The fourth-order valence-corrected chi connectivity index (χ4v) is 3.67. The molecule has 0 aliphatic carbocycles. The molecule has 0 spiro atoms. The Balaban J connectivity index is 1.34. The van der Waals surface area contributed by atoms with E-state index in [4.69, 9.17) is 4.74 Å². The molecule has 160 valence electrons. The summed E-state index contributed by atoms with van der Waals surface area (Å²) < 4.78 is 6.87. The third-order valence-corrected chi connectivity index (χ3v) is 5.48. The van der Waals surface area contributed by atoms with Gasteiger partial charge in [-0.3, -0.25) is 9.59 Å². The van der Waals surface area contributed by atoms with Gasteiger partial charge in [0.05, 0.1) is 24.6 Å². The van der Waals surface area contributed by atoms with Crippen molar-refractivity contribution in [2.75, 3.05) is 20.2 Å². The number of methoxy groups -OCH3 is 1. The van der Waals surface area contributed by atoms with E-state index in [0.29, 0.717) is 42.9 Å². The van der Waals surface area contributed by atoms with Gasteiger partial charge < -0.3 is 15.0 Å². The lowest BCUT2D eigenvalue weighted by atomic mass is 10.0. The second-order valence-corrected chi connectivity index (χ2v) is 7.62. The van der Waals surface area contributed by atoms with E-state index in [0.717, 1.165) is 11.3 Å². The first-order valence-electron chi connectivity index (χ1n) is 10.3. The van der Waals surface area contributed by atoms with Crippen LogP contribution in [-0.4, -0.2) is 57.9 Å². The van der Waals surface area contributed by atoms with Crippen molar-refractivity contribution < 1.29 is 14.3 Å². The number of carbonyl (C=O) groups is 2. The summed E-state index contributed by atoms with van der Waals surface area (Å²) in [4.78, 5) is 27.2. The maximum atomic E-state index is 12.8. The summed E-state index contributed by atoms with van der Waals surface area (Å²) in [6.07, 6.45) is 3.01. The zero-order valence-corrected chi connectivity index (χ0v) is 17.6. The molecule has 1 fully saturated rings. The number of aryl methyl sites for hydroxylation is 1. The summed E-state index contributed by atoms with van der Waals surface area (Å²) in [6.45, 7) is 3.11. The lowest BCUT2D eigenvalue weighted by Crippen LogP contribution is -2.46. The average molecular weight is 419 g/mol. The standard InChI is InChI=1S/C23H25N5O3/c1-16-7-9-18(10-8-16)28-15-20(25-26-28)23(30)27-13-11-17(12-14-27)24-22(29)19-5-3-4-6-21(19)31-2/h3-10,15,17H,11-14H2,1-2H3,(H,24,29).